The summed E-state index contributed by atoms with van der Waals surface area (Å²) in [7, 11) is 1.68. The third kappa shape index (κ3) is 3.13. The second-order valence-corrected chi connectivity index (χ2v) is 4.71. The van der Waals surface area contributed by atoms with E-state index in [9.17, 15) is 4.79 Å². The van der Waals surface area contributed by atoms with Crippen LogP contribution in [0, 0.1) is 11.8 Å². The van der Waals surface area contributed by atoms with Crippen molar-refractivity contribution >= 4 is 6.03 Å². The Morgan fingerprint density at radius 2 is 2.06 bits per heavy atom. The third-order valence-electron chi connectivity index (χ3n) is 3.50. The van der Waals surface area contributed by atoms with Crippen LogP contribution in [0.4, 0.5) is 4.79 Å². The molecular weight excluding hydrogens is 214 g/mol. The number of hydrogen-bond acceptors (Lipinski definition) is 2. The quantitative estimate of drug-likeness (QED) is 0.685. The molecule has 0 bridgehead atoms. The fraction of sp³-hybridized carbons (Fsp3) is 0.769. The first-order valence-corrected chi connectivity index (χ1v) is 6.50. The minimum atomic E-state index is 0.00275. The molecule has 0 aromatic rings. The SMILES string of the molecule is CNC(=O)N1CCCC1C#CCN1CCCC1. The Morgan fingerprint density at radius 3 is 2.76 bits per heavy atom. The largest absolute Gasteiger partial charge is 0.341 e. The molecule has 17 heavy (non-hydrogen) atoms. The summed E-state index contributed by atoms with van der Waals surface area (Å²) in [6, 6.07) is 0.125. The van der Waals surface area contributed by atoms with Crippen LogP contribution in [-0.4, -0.2) is 55.1 Å². The van der Waals surface area contributed by atoms with Crippen LogP contribution in [-0.2, 0) is 0 Å². The van der Waals surface area contributed by atoms with E-state index in [1.807, 2.05) is 4.90 Å². The molecule has 0 aromatic carbocycles. The lowest BCUT2D eigenvalue weighted by molar-refractivity contribution is 0.204. The molecule has 0 spiro atoms. The number of amides is 2. The van der Waals surface area contributed by atoms with E-state index in [1.165, 1.54) is 25.9 Å². The zero-order chi connectivity index (χ0) is 12.1. The van der Waals surface area contributed by atoms with Crippen molar-refractivity contribution in [3.8, 4) is 11.8 Å². The minimum absolute atomic E-state index is 0.00275. The van der Waals surface area contributed by atoms with Crippen LogP contribution >= 0.6 is 0 Å². The van der Waals surface area contributed by atoms with Gasteiger partial charge in [0, 0.05) is 13.6 Å². The van der Waals surface area contributed by atoms with E-state index in [4.69, 9.17) is 0 Å². The molecule has 2 aliphatic rings. The molecule has 0 radical (unpaired) electrons. The van der Waals surface area contributed by atoms with Gasteiger partial charge in [0.25, 0.3) is 0 Å². The maximum Gasteiger partial charge on any atom is 0.318 e. The number of carbonyl (C=O) groups excluding carboxylic acids is 1. The van der Waals surface area contributed by atoms with Gasteiger partial charge in [-0.3, -0.25) is 4.90 Å². The fourth-order valence-corrected chi connectivity index (χ4v) is 2.52. The van der Waals surface area contributed by atoms with E-state index in [2.05, 4.69) is 22.1 Å². The summed E-state index contributed by atoms with van der Waals surface area (Å²) in [5, 5.41) is 2.68. The molecule has 2 saturated heterocycles. The zero-order valence-electron chi connectivity index (χ0n) is 10.5. The first-order valence-electron chi connectivity index (χ1n) is 6.50. The van der Waals surface area contributed by atoms with Crippen molar-refractivity contribution < 1.29 is 4.79 Å². The molecule has 1 atom stereocenters. The molecule has 2 heterocycles. The first-order chi connectivity index (χ1) is 8.31. The highest BCUT2D eigenvalue weighted by Crippen LogP contribution is 2.16. The second kappa shape index (κ2) is 5.92. The second-order valence-electron chi connectivity index (χ2n) is 4.71. The lowest BCUT2D eigenvalue weighted by Gasteiger charge is -2.19. The van der Waals surface area contributed by atoms with Gasteiger partial charge in [0.2, 0.25) is 0 Å². The summed E-state index contributed by atoms with van der Waals surface area (Å²) in [6.45, 7) is 4.05. The Hall–Kier alpha value is -1.21. The molecule has 0 aliphatic carbocycles. The molecule has 2 aliphatic heterocycles. The minimum Gasteiger partial charge on any atom is -0.341 e. The molecule has 2 rings (SSSR count). The van der Waals surface area contributed by atoms with Gasteiger partial charge in [-0.25, -0.2) is 4.79 Å². The molecular formula is C13H21N3O. The van der Waals surface area contributed by atoms with Gasteiger partial charge in [0.15, 0.2) is 0 Å². The highest BCUT2D eigenvalue weighted by Gasteiger charge is 2.26. The maximum absolute atomic E-state index is 11.6. The van der Waals surface area contributed by atoms with Gasteiger partial charge in [0.1, 0.15) is 0 Å². The highest BCUT2D eigenvalue weighted by atomic mass is 16.2. The predicted octanol–water partition coefficient (Wildman–Crippen LogP) is 0.889. The molecule has 0 aromatic heterocycles. The van der Waals surface area contributed by atoms with Gasteiger partial charge in [-0.2, -0.15) is 0 Å². The fourth-order valence-electron chi connectivity index (χ4n) is 2.52. The van der Waals surface area contributed by atoms with E-state index in [0.29, 0.717) is 0 Å². The zero-order valence-corrected chi connectivity index (χ0v) is 10.5. The van der Waals surface area contributed by atoms with Crippen molar-refractivity contribution in [2.75, 3.05) is 33.2 Å². The molecule has 1 unspecified atom stereocenters. The maximum atomic E-state index is 11.6. The normalized spacial score (nSPS) is 24.5. The Bertz CT molecular complexity index is 325. The van der Waals surface area contributed by atoms with Crippen LogP contribution in [0.25, 0.3) is 0 Å². The third-order valence-corrected chi connectivity index (χ3v) is 3.50. The molecule has 2 amide bonds. The van der Waals surface area contributed by atoms with Crippen molar-refractivity contribution in [2.45, 2.75) is 31.7 Å². The highest BCUT2D eigenvalue weighted by molar-refractivity contribution is 5.75. The molecule has 2 fully saturated rings. The molecule has 0 saturated carbocycles. The van der Waals surface area contributed by atoms with Gasteiger partial charge >= 0.3 is 6.03 Å². The lowest BCUT2D eigenvalue weighted by atomic mass is 10.2. The van der Waals surface area contributed by atoms with Crippen LogP contribution < -0.4 is 5.32 Å². The number of likely N-dealkylation sites (tertiary alicyclic amines) is 2. The monoisotopic (exact) mass is 235 g/mol. The number of nitrogens with one attached hydrogen (secondary N) is 1. The van der Waals surface area contributed by atoms with Crippen molar-refractivity contribution in [2.24, 2.45) is 0 Å². The predicted molar refractivity (Wildman–Crippen MR) is 67.6 cm³/mol. The Balaban J connectivity index is 1.84. The van der Waals surface area contributed by atoms with E-state index in [1.54, 1.807) is 7.05 Å². The van der Waals surface area contributed by atoms with Gasteiger partial charge < -0.3 is 10.2 Å². The van der Waals surface area contributed by atoms with E-state index < -0.39 is 0 Å². The van der Waals surface area contributed by atoms with E-state index in [-0.39, 0.29) is 12.1 Å². The van der Waals surface area contributed by atoms with Gasteiger partial charge in [-0.15, -0.1) is 0 Å². The standard InChI is InChI=1S/C13H21N3O/c1-14-13(17)16-11-5-7-12(16)6-4-10-15-8-2-3-9-15/h12H,2-3,5,7-11H2,1H3,(H,14,17). The van der Waals surface area contributed by atoms with Gasteiger partial charge in [0.05, 0.1) is 12.6 Å². The number of hydrogen-bond donors (Lipinski definition) is 1. The Morgan fingerprint density at radius 1 is 1.29 bits per heavy atom. The Kier molecular flexibility index (Phi) is 4.27. The summed E-state index contributed by atoms with van der Waals surface area (Å²) in [4.78, 5) is 15.8. The molecule has 94 valence electrons. The van der Waals surface area contributed by atoms with Crippen LogP contribution in [0.15, 0.2) is 0 Å². The summed E-state index contributed by atoms with van der Waals surface area (Å²) >= 11 is 0. The molecule has 4 nitrogen and oxygen atoms in total. The van der Waals surface area contributed by atoms with Crippen LogP contribution in [0.1, 0.15) is 25.7 Å². The Labute approximate surface area is 103 Å². The molecule has 4 heteroatoms. The number of urea groups is 1. The average molecular weight is 235 g/mol. The van der Waals surface area contributed by atoms with Crippen molar-refractivity contribution in [3.63, 3.8) is 0 Å². The van der Waals surface area contributed by atoms with Gasteiger partial charge in [-0.05, 0) is 38.8 Å². The topological polar surface area (TPSA) is 35.6 Å². The van der Waals surface area contributed by atoms with Crippen LogP contribution in [0.2, 0.25) is 0 Å². The summed E-state index contributed by atoms with van der Waals surface area (Å²) in [5.41, 5.74) is 0. The number of carbonyl (C=O) groups is 1. The molecule has 1 N–H and O–H groups in total. The summed E-state index contributed by atoms with van der Waals surface area (Å²) in [6.07, 6.45) is 4.68. The smallest absolute Gasteiger partial charge is 0.318 e. The number of rotatable bonds is 1. The van der Waals surface area contributed by atoms with Crippen LogP contribution in [0.5, 0.6) is 0 Å². The van der Waals surface area contributed by atoms with Crippen molar-refractivity contribution in [1.82, 2.24) is 15.1 Å². The van der Waals surface area contributed by atoms with Crippen molar-refractivity contribution in [1.29, 1.82) is 0 Å². The van der Waals surface area contributed by atoms with E-state index >= 15 is 0 Å². The van der Waals surface area contributed by atoms with E-state index in [0.717, 1.165) is 25.9 Å². The van der Waals surface area contributed by atoms with Crippen LogP contribution in [0.3, 0.4) is 0 Å². The summed E-state index contributed by atoms with van der Waals surface area (Å²) in [5.74, 6) is 6.48. The lowest BCUT2D eigenvalue weighted by Crippen LogP contribution is -2.40. The number of nitrogens with zero attached hydrogens (tertiary/aromatic N) is 2. The van der Waals surface area contributed by atoms with Gasteiger partial charge in [-0.1, -0.05) is 11.8 Å². The summed E-state index contributed by atoms with van der Waals surface area (Å²) < 4.78 is 0. The van der Waals surface area contributed by atoms with Crippen molar-refractivity contribution in [3.05, 3.63) is 0 Å². The average Bonchev–Trinajstić information content (AvgIpc) is 2.99. The first kappa shape index (κ1) is 12.3.